The Morgan fingerprint density at radius 3 is 1.10 bits per heavy atom. The molecule has 0 aliphatic heterocycles. The predicted octanol–water partition coefficient (Wildman–Crippen LogP) is 28.4. The normalized spacial score (nSPS) is 11.7. The van der Waals surface area contributed by atoms with E-state index < -0.39 is 0 Å². The molecule has 24 rings (SSSR count). The van der Waals surface area contributed by atoms with Crippen LogP contribution < -0.4 is 0 Å². The van der Waals surface area contributed by atoms with E-state index in [1.54, 1.807) is 0 Å². The van der Waals surface area contributed by atoms with E-state index in [2.05, 4.69) is 419 Å². The van der Waals surface area contributed by atoms with Crippen LogP contribution in [0, 0.1) is 0 Å². The molecule has 24 aromatic rings. The number of rotatable bonds is 12. The molecule has 0 radical (unpaired) electrons. The van der Waals surface area contributed by atoms with Gasteiger partial charge in [-0.25, -0.2) is 24.9 Å². The lowest BCUT2D eigenvalue weighted by Crippen LogP contribution is -2.00. The van der Waals surface area contributed by atoms with Crippen molar-refractivity contribution in [2.24, 2.45) is 0 Å². The molecule has 120 heavy (non-hydrogen) atoms. The van der Waals surface area contributed by atoms with Crippen molar-refractivity contribution in [3.63, 3.8) is 0 Å². The Morgan fingerprint density at radius 2 is 0.542 bits per heavy atom. The van der Waals surface area contributed by atoms with Crippen LogP contribution in [0.25, 0.3) is 222 Å². The topological polar surface area (TPSA) is 84.2 Å². The fraction of sp³-hybridized carbons (Fsp3) is 0. The molecule has 0 amide bonds. The second-order valence-electron chi connectivity index (χ2n) is 30.6. The highest BCUT2D eigenvalue weighted by Crippen LogP contribution is 2.47. The Balaban J connectivity index is 0.000000140. The van der Waals surface area contributed by atoms with Crippen LogP contribution in [0.4, 0.5) is 0 Å². The van der Waals surface area contributed by atoms with E-state index >= 15 is 0 Å². The lowest BCUT2D eigenvalue weighted by Gasteiger charge is -2.15. The summed E-state index contributed by atoms with van der Waals surface area (Å²) in [6.45, 7) is 0. The van der Waals surface area contributed by atoms with Crippen molar-refractivity contribution in [3.05, 3.63) is 431 Å². The summed E-state index contributed by atoms with van der Waals surface area (Å²) in [4.78, 5) is 26.1. The van der Waals surface area contributed by atoms with Crippen LogP contribution >= 0.6 is 0 Å². The van der Waals surface area contributed by atoms with Gasteiger partial charge in [0.05, 0.1) is 61.2 Å². The molecular weight excluding hydrogens is 1460 g/mol. The van der Waals surface area contributed by atoms with Crippen molar-refractivity contribution in [1.82, 2.24) is 43.2 Å². The SMILES string of the molecule is c1ccc(-c2cccc(-c3cc(-c4ccccc4)nc(-c4cc(-n5c6ccccc6c6c5ccc5c7ccccc7n(-c7ccccc7)c56)cc5ccccc45)n3)c2)cc1.c1ccc(-c2cccc(-c3nc(-c4ccccc4)nc(-c4ccc5c(-n6c7ccccc7c7c6ccc6c8ccccc8n(-c8ccccc8)c67)cccc5c4)n3)c2)cc1. The van der Waals surface area contributed by atoms with Crippen molar-refractivity contribution in [3.8, 4) is 113 Å². The maximum Gasteiger partial charge on any atom is 0.164 e. The zero-order valence-corrected chi connectivity index (χ0v) is 65.0. The second-order valence-corrected chi connectivity index (χ2v) is 30.6. The van der Waals surface area contributed by atoms with E-state index in [1.165, 1.54) is 70.7 Å². The van der Waals surface area contributed by atoms with E-state index in [0.717, 1.165) is 128 Å². The van der Waals surface area contributed by atoms with Crippen molar-refractivity contribution >= 4 is 109 Å². The molecule has 6 aromatic heterocycles. The number of aromatic nitrogens is 9. The third kappa shape index (κ3) is 11.8. The molecule has 9 heteroatoms. The van der Waals surface area contributed by atoms with Gasteiger partial charge in [0.2, 0.25) is 0 Å². The molecule has 0 saturated carbocycles. The van der Waals surface area contributed by atoms with Gasteiger partial charge in [-0.05, 0) is 142 Å². The van der Waals surface area contributed by atoms with Crippen LogP contribution in [0.3, 0.4) is 0 Å². The molecule has 0 aliphatic rings. The van der Waals surface area contributed by atoms with E-state index in [9.17, 15) is 0 Å². The third-order valence-corrected chi connectivity index (χ3v) is 23.6. The van der Waals surface area contributed by atoms with E-state index in [4.69, 9.17) is 24.9 Å². The highest BCUT2D eigenvalue weighted by molar-refractivity contribution is 6.28. The van der Waals surface area contributed by atoms with Gasteiger partial charge in [0.1, 0.15) is 0 Å². The summed E-state index contributed by atoms with van der Waals surface area (Å²) in [7, 11) is 0. The quantitative estimate of drug-likeness (QED) is 0.122. The summed E-state index contributed by atoms with van der Waals surface area (Å²) < 4.78 is 9.74. The molecule has 0 bridgehead atoms. The molecule has 0 unspecified atom stereocenters. The zero-order valence-electron chi connectivity index (χ0n) is 65.0. The Hall–Kier alpha value is -16.2. The van der Waals surface area contributed by atoms with Gasteiger partial charge in [-0.3, -0.25) is 0 Å². The van der Waals surface area contributed by atoms with E-state index in [-0.39, 0.29) is 0 Å². The number of hydrogen-bond acceptors (Lipinski definition) is 5. The molecule has 0 spiro atoms. The summed E-state index contributed by atoms with van der Waals surface area (Å²) in [6.07, 6.45) is 0. The minimum atomic E-state index is 0.629. The van der Waals surface area contributed by atoms with Gasteiger partial charge in [0, 0.05) is 98.9 Å². The molecule has 0 N–H and O–H groups in total. The minimum Gasteiger partial charge on any atom is -0.309 e. The molecule has 9 nitrogen and oxygen atoms in total. The van der Waals surface area contributed by atoms with Crippen molar-refractivity contribution in [1.29, 1.82) is 0 Å². The standard InChI is InChI=1S/C56H36N4.C55H35N5/c1-4-17-37(18-5-1)39-22-16-23-41(33-39)50-36-49(38-19-6-2-7-20-38)57-56(58-50)48-35-43(34-40-21-10-11-26-44(40)48)59-52-30-15-13-28-47(52)54-53(59)32-31-46-45-27-12-14-29-51(45)60(55(46)54)42-24-8-3-9-25-42;1-4-16-36(17-5-1)38-20-14-22-40(34-38)54-56-53(37-18-6-2-7-19-37)57-55(58-54)41-30-31-43-39(35-41)21-15-29-47(43)60-49-28-13-11-26-46(49)51-50(60)33-32-45-44-25-10-12-27-48(44)59(52(45)51)42-23-8-3-9-24-42/h1-36H;1-35H. The van der Waals surface area contributed by atoms with Crippen LogP contribution in [-0.4, -0.2) is 43.2 Å². The largest absolute Gasteiger partial charge is 0.309 e. The number of benzene rings is 18. The molecule has 18 aromatic carbocycles. The second kappa shape index (κ2) is 28.9. The monoisotopic (exact) mass is 1530 g/mol. The zero-order chi connectivity index (χ0) is 79.1. The molecule has 0 atom stereocenters. The van der Waals surface area contributed by atoms with Crippen molar-refractivity contribution < 1.29 is 0 Å². The first-order valence-electron chi connectivity index (χ1n) is 40.7. The molecule has 0 saturated heterocycles. The summed E-state index contributed by atoms with van der Waals surface area (Å²) in [5.74, 6) is 2.58. The van der Waals surface area contributed by atoms with Gasteiger partial charge in [-0.1, -0.05) is 328 Å². The number of fused-ring (bicyclic) bond motifs is 16. The number of hydrogen-bond donors (Lipinski definition) is 0. The van der Waals surface area contributed by atoms with Crippen LogP contribution in [0.2, 0.25) is 0 Å². The average Bonchev–Trinajstić information content (AvgIpc) is 1.55. The lowest BCUT2D eigenvalue weighted by molar-refractivity contribution is 1.07. The van der Waals surface area contributed by atoms with Gasteiger partial charge in [-0.2, -0.15) is 0 Å². The molecule has 560 valence electrons. The van der Waals surface area contributed by atoms with Crippen LogP contribution in [0.1, 0.15) is 0 Å². The fourth-order valence-corrected chi connectivity index (χ4v) is 18.2. The Bertz CT molecular complexity index is 8130. The maximum atomic E-state index is 5.42. The first-order valence-corrected chi connectivity index (χ1v) is 40.7. The predicted molar refractivity (Wildman–Crippen MR) is 498 cm³/mol. The van der Waals surface area contributed by atoms with Gasteiger partial charge in [0.15, 0.2) is 23.3 Å². The molecule has 0 fully saturated rings. The first kappa shape index (κ1) is 69.3. The van der Waals surface area contributed by atoms with Gasteiger partial charge in [-0.15, -0.1) is 0 Å². The van der Waals surface area contributed by atoms with Crippen LogP contribution in [-0.2, 0) is 0 Å². The Morgan fingerprint density at radius 1 is 0.167 bits per heavy atom. The summed E-state index contributed by atoms with van der Waals surface area (Å²) in [6, 6.07) is 153. The highest BCUT2D eigenvalue weighted by Gasteiger charge is 2.26. The number of para-hydroxylation sites is 6. The third-order valence-electron chi connectivity index (χ3n) is 23.6. The van der Waals surface area contributed by atoms with Crippen LogP contribution in [0.5, 0.6) is 0 Å². The molecular formula is C111H71N9. The van der Waals surface area contributed by atoms with Crippen molar-refractivity contribution in [2.45, 2.75) is 0 Å². The Kier molecular flexibility index (Phi) is 16.7. The van der Waals surface area contributed by atoms with Crippen molar-refractivity contribution in [2.75, 3.05) is 0 Å². The summed E-state index contributed by atoms with van der Waals surface area (Å²) >= 11 is 0. The number of nitrogens with zero attached hydrogens (tertiary/aromatic N) is 9. The summed E-state index contributed by atoms with van der Waals surface area (Å²) in [5, 5.41) is 14.3. The van der Waals surface area contributed by atoms with E-state index in [1.807, 2.05) is 30.3 Å². The van der Waals surface area contributed by atoms with E-state index in [0.29, 0.717) is 23.3 Å². The summed E-state index contributed by atoms with van der Waals surface area (Å²) in [5.41, 5.74) is 26.1. The first-order chi connectivity index (χ1) is 59.5. The lowest BCUT2D eigenvalue weighted by atomic mass is 9.99. The average molecular weight is 1530 g/mol. The van der Waals surface area contributed by atoms with Gasteiger partial charge >= 0.3 is 0 Å². The molecule has 0 aliphatic carbocycles. The minimum absolute atomic E-state index is 0.629. The fourth-order valence-electron chi connectivity index (χ4n) is 18.2. The smallest absolute Gasteiger partial charge is 0.164 e. The highest BCUT2D eigenvalue weighted by atomic mass is 15.1. The maximum absolute atomic E-state index is 5.42. The van der Waals surface area contributed by atoms with Crippen LogP contribution in [0.15, 0.2) is 431 Å². The van der Waals surface area contributed by atoms with Gasteiger partial charge in [0.25, 0.3) is 0 Å². The Labute approximate surface area is 691 Å². The molecule has 6 heterocycles. The van der Waals surface area contributed by atoms with Gasteiger partial charge < -0.3 is 18.3 Å².